The second-order valence-electron chi connectivity index (χ2n) is 4.69. The average Bonchev–Trinajstić information content (AvgIpc) is 2.90. The highest BCUT2D eigenvalue weighted by atomic mass is 32.1. The van der Waals surface area contributed by atoms with Crippen LogP contribution in [0.2, 0.25) is 0 Å². The Morgan fingerprint density at radius 3 is 3.06 bits per heavy atom. The van der Waals surface area contributed by atoms with Gasteiger partial charge < -0.3 is 9.88 Å². The summed E-state index contributed by atoms with van der Waals surface area (Å²) in [6.45, 7) is 7.23. The maximum Gasteiger partial charge on any atom is 0.0953 e. The second-order valence-corrected chi connectivity index (χ2v) is 5.47. The van der Waals surface area contributed by atoms with E-state index in [4.69, 9.17) is 0 Å². The van der Waals surface area contributed by atoms with Crippen molar-refractivity contribution in [2.24, 2.45) is 5.92 Å². The monoisotopic (exact) mass is 249 g/mol. The van der Waals surface area contributed by atoms with Gasteiger partial charge in [-0.05, 0) is 34.9 Å². The van der Waals surface area contributed by atoms with Gasteiger partial charge in [-0.1, -0.05) is 13.8 Å². The van der Waals surface area contributed by atoms with Gasteiger partial charge in [0, 0.05) is 19.3 Å². The van der Waals surface area contributed by atoms with Crippen molar-refractivity contribution in [1.29, 1.82) is 0 Å². The van der Waals surface area contributed by atoms with Gasteiger partial charge in [0.1, 0.15) is 0 Å². The summed E-state index contributed by atoms with van der Waals surface area (Å²) in [5.41, 5.74) is 2.45. The van der Waals surface area contributed by atoms with Crippen LogP contribution in [-0.4, -0.2) is 16.1 Å². The van der Waals surface area contributed by atoms with Gasteiger partial charge in [-0.2, -0.15) is 11.3 Å². The summed E-state index contributed by atoms with van der Waals surface area (Å²) in [7, 11) is 0. The van der Waals surface area contributed by atoms with Gasteiger partial charge in [0.05, 0.1) is 12.0 Å². The molecular formula is C13H19N3S. The first-order chi connectivity index (χ1) is 8.24. The predicted octanol–water partition coefficient (Wildman–Crippen LogP) is 2.74. The van der Waals surface area contributed by atoms with E-state index in [1.165, 1.54) is 5.56 Å². The highest BCUT2D eigenvalue weighted by Gasteiger charge is 2.00. The Kier molecular flexibility index (Phi) is 4.34. The van der Waals surface area contributed by atoms with Crippen LogP contribution in [0.25, 0.3) is 0 Å². The number of nitrogens with one attached hydrogen (secondary N) is 1. The van der Waals surface area contributed by atoms with Crippen molar-refractivity contribution in [2.75, 3.05) is 6.54 Å². The van der Waals surface area contributed by atoms with Crippen molar-refractivity contribution in [2.45, 2.75) is 26.9 Å². The molecule has 0 amide bonds. The van der Waals surface area contributed by atoms with Gasteiger partial charge in [0.25, 0.3) is 0 Å². The normalized spacial score (nSPS) is 11.2. The summed E-state index contributed by atoms with van der Waals surface area (Å²) in [6.07, 6.45) is 4.02. The number of hydrogen-bond acceptors (Lipinski definition) is 3. The van der Waals surface area contributed by atoms with Crippen molar-refractivity contribution in [3.8, 4) is 0 Å². The van der Waals surface area contributed by atoms with Crippen molar-refractivity contribution in [3.05, 3.63) is 40.6 Å². The minimum Gasteiger partial charge on any atom is -0.333 e. The SMILES string of the molecule is CC(C)CNCc1cn(Cc2ccsc2)cn1. The summed E-state index contributed by atoms with van der Waals surface area (Å²) in [6, 6.07) is 2.15. The molecule has 0 aliphatic carbocycles. The van der Waals surface area contributed by atoms with E-state index in [0.29, 0.717) is 5.92 Å². The summed E-state index contributed by atoms with van der Waals surface area (Å²) < 4.78 is 2.13. The maximum atomic E-state index is 4.40. The van der Waals surface area contributed by atoms with Gasteiger partial charge in [-0.3, -0.25) is 0 Å². The molecule has 92 valence electrons. The largest absolute Gasteiger partial charge is 0.333 e. The fourth-order valence-electron chi connectivity index (χ4n) is 1.67. The summed E-state index contributed by atoms with van der Waals surface area (Å²) in [5, 5.41) is 7.69. The zero-order valence-electron chi connectivity index (χ0n) is 10.4. The maximum absolute atomic E-state index is 4.40. The molecule has 0 aromatic carbocycles. The van der Waals surface area contributed by atoms with E-state index < -0.39 is 0 Å². The number of thiophene rings is 1. The number of nitrogens with zero attached hydrogens (tertiary/aromatic N) is 2. The molecule has 0 saturated carbocycles. The van der Waals surface area contributed by atoms with Crippen LogP contribution in [0.3, 0.4) is 0 Å². The molecule has 2 heterocycles. The summed E-state index contributed by atoms with van der Waals surface area (Å²) in [4.78, 5) is 4.40. The summed E-state index contributed by atoms with van der Waals surface area (Å²) in [5.74, 6) is 0.683. The third kappa shape index (κ3) is 3.98. The van der Waals surface area contributed by atoms with Crippen molar-refractivity contribution >= 4 is 11.3 Å². The fraction of sp³-hybridized carbons (Fsp3) is 0.462. The smallest absolute Gasteiger partial charge is 0.0953 e. The van der Waals surface area contributed by atoms with Crippen LogP contribution < -0.4 is 5.32 Å². The molecule has 0 bridgehead atoms. The zero-order valence-corrected chi connectivity index (χ0v) is 11.2. The van der Waals surface area contributed by atoms with Gasteiger partial charge >= 0.3 is 0 Å². The lowest BCUT2D eigenvalue weighted by molar-refractivity contribution is 0.548. The quantitative estimate of drug-likeness (QED) is 0.853. The van der Waals surface area contributed by atoms with E-state index >= 15 is 0 Å². The number of imidazole rings is 1. The number of hydrogen-bond donors (Lipinski definition) is 1. The fourth-order valence-corrected chi connectivity index (χ4v) is 2.33. The van der Waals surface area contributed by atoms with Crippen molar-refractivity contribution in [1.82, 2.24) is 14.9 Å². The van der Waals surface area contributed by atoms with E-state index in [-0.39, 0.29) is 0 Å². The lowest BCUT2D eigenvalue weighted by atomic mass is 10.2. The first-order valence-electron chi connectivity index (χ1n) is 5.96. The van der Waals surface area contributed by atoms with E-state index in [0.717, 1.165) is 25.3 Å². The van der Waals surface area contributed by atoms with Crippen LogP contribution in [0, 0.1) is 5.92 Å². The second kappa shape index (κ2) is 5.98. The van der Waals surface area contributed by atoms with Gasteiger partial charge in [0.15, 0.2) is 0 Å². The topological polar surface area (TPSA) is 29.9 Å². The molecule has 0 saturated heterocycles. The molecule has 0 aliphatic rings. The van der Waals surface area contributed by atoms with Gasteiger partial charge in [0.2, 0.25) is 0 Å². The van der Waals surface area contributed by atoms with E-state index in [1.807, 2.05) is 6.33 Å². The Labute approximate surface area is 107 Å². The van der Waals surface area contributed by atoms with Crippen molar-refractivity contribution < 1.29 is 0 Å². The molecule has 0 aliphatic heterocycles. The average molecular weight is 249 g/mol. The van der Waals surface area contributed by atoms with E-state index in [2.05, 4.69) is 51.7 Å². The molecule has 2 aromatic heterocycles. The Bertz CT molecular complexity index is 431. The molecule has 2 rings (SSSR count). The molecule has 3 nitrogen and oxygen atoms in total. The lowest BCUT2D eigenvalue weighted by Gasteiger charge is -2.04. The molecule has 0 fully saturated rings. The molecule has 0 spiro atoms. The minimum atomic E-state index is 0.683. The van der Waals surface area contributed by atoms with E-state index in [9.17, 15) is 0 Å². The standard InChI is InChI=1S/C13H19N3S/c1-11(2)5-14-6-13-8-16(10-15-13)7-12-3-4-17-9-12/h3-4,8-11,14H,5-7H2,1-2H3. The highest BCUT2D eigenvalue weighted by Crippen LogP contribution is 2.08. The van der Waals surface area contributed by atoms with Gasteiger partial charge in [-0.15, -0.1) is 0 Å². The lowest BCUT2D eigenvalue weighted by Crippen LogP contribution is -2.19. The van der Waals surface area contributed by atoms with Crippen LogP contribution in [0.4, 0.5) is 0 Å². The van der Waals surface area contributed by atoms with Crippen LogP contribution in [0.1, 0.15) is 25.1 Å². The van der Waals surface area contributed by atoms with Crippen molar-refractivity contribution in [3.63, 3.8) is 0 Å². The molecule has 0 radical (unpaired) electrons. The Morgan fingerprint density at radius 2 is 2.35 bits per heavy atom. The molecule has 0 unspecified atom stereocenters. The first-order valence-corrected chi connectivity index (χ1v) is 6.91. The molecule has 1 N–H and O–H groups in total. The van der Waals surface area contributed by atoms with Crippen LogP contribution in [0.5, 0.6) is 0 Å². The Hall–Kier alpha value is -1.13. The predicted molar refractivity (Wildman–Crippen MR) is 72.2 cm³/mol. The molecule has 17 heavy (non-hydrogen) atoms. The minimum absolute atomic E-state index is 0.683. The third-order valence-corrected chi connectivity index (χ3v) is 3.22. The zero-order chi connectivity index (χ0) is 12.1. The Morgan fingerprint density at radius 1 is 1.47 bits per heavy atom. The first kappa shape index (κ1) is 12.3. The Balaban J connectivity index is 1.83. The molecule has 0 atom stereocenters. The molecular weight excluding hydrogens is 230 g/mol. The van der Waals surface area contributed by atoms with Crippen LogP contribution >= 0.6 is 11.3 Å². The number of aromatic nitrogens is 2. The molecule has 2 aromatic rings. The summed E-state index contributed by atoms with van der Waals surface area (Å²) >= 11 is 1.74. The van der Waals surface area contributed by atoms with E-state index in [1.54, 1.807) is 11.3 Å². The highest BCUT2D eigenvalue weighted by molar-refractivity contribution is 7.07. The number of rotatable bonds is 6. The van der Waals surface area contributed by atoms with Gasteiger partial charge in [-0.25, -0.2) is 4.98 Å². The van der Waals surface area contributed by atoms with Crippen LogP contribution in [0.15, 0.2) is 29.4 Å². The third-order valence-electron chi connectivity index (χ3n) is 2.49. The van der Waals surface area contributed by atoms with Crippen LogP contribution in [-0.2, 0) is 13.1 Å². The molecule has 4 heteroatoms.